The number of anilines is 3. The van der Waals surface area contributed by atoms with Gasteiger partial charge < -0.3 is 13.7 Å². The molecule has 6 aliphatic rings. The van der Waals surface area contributed by atoms with Crippen LogP contribution in [0.2, 0.25) is 0 Å². The minimum atomic E-state index is -0.696. The van der Waals surface area contributed by atoms with Gasteiger partial charge in [0.15, 0.2) is 0 Å². The minimum absolute atomic E-state index is 0.171. The molecule has 0 saturated carbocycles. The van der Waals surface area contributed by atoms with Crippen LogP contribution in [-0.4, -0.2) is 0 Å². The standard InChI is InChI=1S/C113H109NO2/c1-8-12-16-20-38-62-110(63-39-21-17-13-9-2)88-49-31-28-46-82(88)103-104-85-48-30-37-55-99(85)116-109(104)105-83-59-57-75(68-94(83)111(107(105)106(103)110,64-40-22-18-14-10-3)65-41-23-19-15-11-4)114(108-73(6)66-72(5)67-74(108)7)76-56-58-81-86-70-97-87(71-96(86)113(95(81)69-76)91-52-34-26-44-79(91)80-45-27-35-53-92(80)113)101-93(60-61-100-102(101)84-47-29-36-54-98(84)115-100)112(97)89-50-32-24-42-77(89)78-43-25-33-51-90(78)112/h24-37,42-61,66-71H,8-23,38-41,62-65H2,1-7H3. The van der Waals surface area contributed by atoms with Crippen molar-refractivity contribution < 1.29 is 8.83 Å². The number of aryl methyl sites for hydroxylation is 3. The minimum Gasteiger partial charge on any atom is -0.456 e. The molecule has 578 valence electrons. The monoisotopic (exact) mass is 1510 g/mol. The summed E-state index contributed by atoms with van der Waals surface area (Å²) in [4.78, 5) is 2.75. The molecule has 0 fully saturated rings. The van der Waals surface area contributed by atoms with Crippen LogP contribution in [0.4, 0.5) is 17.1 Å². The molecule has 2 aromatic heterocycles. The van der Waals surface area contributed by atoms with E-state index in [1.807, 2.05) is 0 Å². The molecule has 21 rings (SSSR count). The fourth-order valence-electron chi connectivity index (χ4n) is 24.7. The maximum absolute atomic E-state index is 7.76. The van der Waals surface area contributed by atoms with E-state index in [2.05, 4.69) is 296 Å². The topological polar surface area (TPSA) is 29.5 Å². The van der Waals surface area contributed by atoms with E-state index in [1.54, 1.807) is 16.7 Å². The van der Waals surface area contributed by atoms with Crippen molar-refractivity contribution >= 4 is 60.9 Å². The van der Waals surface area contributed by atoms with Gasteiger partial charge in [-0.25, -0.2) is 0 Å². The van der Waals surface area contributed by atoms with Crippen molar-refractivity contribution in [2.45, 2.75) is 224 Å². The van der Waals surface area contributed by atoms with Gasteiger partial charge in [-0.3, -0.25) is 0 Å². The molecule has 2 spiro atoms. The van der Waals surface area contributed by atoms with Crippen molar-refractivity contribution in [1.29, 1.82) is 0 Å². The first kappa shape index (κ1) is 72.9. The van der Waals surface area contributed by atoms with Crippen molar-refractivity contribution in [2.24, 2.45) is 0 Å². The first-order valence-corrected chi connectivity index (χ1v) is 45.0. The van der Waals surface area contributed by atoms with Crippen LogP contribution in [0.15, 0.2) is 251 Å². The first-order valence-electron chi connectivity index (χ1n) is 45.0. The van der Waals surface area contributed by atoms with Crippen LogP contribution < -0.4 is 4.90 Å². The quantitative estimate of drug-likeness (QED) is 0.0481. The Kier molecular flexibility index (Phi) is 18.1. The molecule has 0 unspecified atom stereocenters. The second-order valence-electron chi connectivity index (χ2n) is 35.8. The average Bonchev–Trinajstić information content (AvgIpc) is 1.49. The molecule has 15 aromatic rings. The number of hydrogen-bond donors (Lipinski definition) is 0. The Morgan fingerprint density at radius 2 is 0.655 bits per heavy atom. The predicted molar refractivity (Wildman–Crippen MR) is 488 cm³/mol. The zero-order chi connectivity index (χ0) is 78.2. The van der Waals surface area contributed by atoms with E-state index in [9.17, 15) is 0 Å². The Hall–Kier alpha value is -10.7. The summed E-state index contributed by atoms with van der Waals surface area (Å²) in [5.41, 5.74) is 42.8. The van der Waals surface area contributed by atoms with Gasteiger partial charge in [-0.05, 0) is 240 Å². The number of nitrogens with zero attached hydrogens (tertiary/aromatic N) is 1. The fraction of sp³-hybridized carbons (Fsp3) is 0.310. The van der Waals surface area contributed by atoms with Gasteiger partial charge >= 0.3 is 0 Å². The molecule has 0 radical (unpaired) electrons. The smallest absolute Gasteiger partial charge is 0.144 e. The molecule has 0 saturated heterocycles. The lowest BCUT2D eigenvalue weighted by molar-refractivity contribution is 0.369. The van der Waals surface area contributed by atoms with Crippen LogP contribution >= 0.6 is 0 Å². The maximum atomic E-state index is 7.76. The van der Waals surface area contributed by atoms with Crippen molar-refractivity contribution in [3.05, 3.63) is 326 Å². The molecule has 13 aromatic carbocycles. The van der Waals surface area contributed by atoms with Gasteiger partial charge in [0.1, 0.15) is 22.3 Å². The molecular formula is C113H109NO2. The Balaban J connectivity index is 0.836. The van der Waals surface area contributed by atoms with Gasteiger partial charge in [0.25, 0.3) is 0 Å². The molecule has 6 aliphatic carbocycles. The number of benzene rings is 13. The summed E-state index contributed by atoms with van der Waals surface area (Å²) >= 11 is 0. The van der Waals surface area contributed by atoms with Gasteiger partial charge in [0.2, 0.25) is 0 Å². The summed E-state index contributed by atoms with van der Waals surface area (Å²) in [6.07, 6.45) is 29.5. The second-order valence-corrected chi connectivity index (χ2v) is 35.8. The molecule has 0 amide bonds. The summed E-state index contributed by atoms with van der Waals surface area (Å²) in [7, 11) is 0. The highest BCUT2D eigenvalue weighted by atomic mass is 16.3. The average molecular weight is 1510 g/mol. The van der Waals surface area contributed by atoms with Gasteiger partial charge in [0.05, 0.1) is 16.5 Å². The molecule has 3 heteroatoms. The number of hydrogen-bond acceptors (Lipinski definition) is 3. The summed E-state index contributed by atoms with van der Waals surface area (Å²) in [6, 6.07) is 96.1. The van der Waals surface area contributed by atoms with E-state index in [-0.39, 0.29) is 10.8 Å². The molecule has 0 bridgehead atoms. The highest BCUT2D eigenvalue weighted by molar-refractivity contribution is 6.22. The van der Waals surface area contributed by atoms with Crippen molar-refractivity contribution in [3.8, 4) is 66.8 Å². The van der Waals surface area contributed by atoms with E-state index in [4.69, 9.17) is 8.83 Å². The Morgan fingerprint density at radius 3 is 1.19 bits per heavy atom. The number of furan rings is 2. The third-order valence-electron chi connectivity index (χ3n) is 29.3. The van der Waals surface area contributed by atoms with E-state index < -0.39 is 10.8 Å². The van der Waals surface area contributed by atoms with Crippen LogP contribution in [0.25, 0.3) is 111 Å². The van der Waals surface area contributed by atoms with Gasteiger partial charge in [-0.1, -0.05) is 350 Å². The van der Waals surface area contributed by atoms with Crippen molar-refractivity contribution in [3.63, 3.8) is 0 Å². The van der Waals surface area contributed by atoms with E-state index in [0.717, 1.165) is 53.4 Å². The third-order valence-corrected chi connectivity index (χ3v) is 29.3. The Labute approximate surface area is 687 Å². The Bertz CT molecular complexity index is 6300. The van der Waals surface area contributed by atoms with Crippen LogP contribution in [0, 0.1) is 20.8 Å². The van der Waals surface area contributed by atoms with Crippen LogP contribution in [0.1, 0.15) is 265 Å². The largest absolute Gasteiger partial charge is 0.456 e. The molecule has 0 aliphatic heterocycles. The highest BCUT2D eigenvalue weighted by Crippen LogP contribution is 2.72. The summed E-state index contributed by atoms with van der Waals surface area (Å²) in [6.45, 7) is 16.6. The van der Waals surface area contributed by atoms with Crippen LogP contribution in [-0.2, 0) is 21.7 Å². The van der Waals surface area contributed by atoms with Crippen molar-refractivity contribution in [1.82, 2.24) is 0 Å². The summed E-state index contributed by atoms with van der Waals surface area (Å²) in [5.74, 6) is 0. The summed E-state index contributed by atoms with van der Waals surface area (Å²) < 4.78 is 14.7. The van der Waals surface area contributed by atoms with Crippen LogP contribution in [0.3, 0.4) is 0 Å². The van der Waals surface area contributed by atoms with Gasteiger partial charge in [0, 0.05) is 49.3 Å². The number of unbranched alkanes of at least 4 members (excludes halogenated alkanes) is 16. The molecule has 116 heavy (non-hydrogen) atoms. The molecule has 0 atom stereocenters. The SMILES string of the molecule is CCCCCCCC1(CCCCCCC)c2cc(N(c3ccc4c(c3)C3(c5ccccc5-c5ccccc53)c3cc5c(cc3-4)C3(c4ccccc4-c4ccccc43)c3ccc4oc6ccccc6c4c3-5)c3c(C)cc(C)cc3C)ccc2-c2c1c1c(c3c2oc2ccccc23)-c2ccccc2C1(CCCCCCC)CCCCCCC. The number of fused-ring (bicyclic) bond motifs is 36. The van der Waals surface area contributed by atoms with E-state index in [1.165, 1.54) is 295 Å². The molecular weight excluding hydrogens is 1400 g/mol. The lowest BCUT2D eigenvalue weighted by Gasteiger charge is -2.40. The van der Waals surface area contributed by atoms with Gasteiger partial charge in [-0.15, -0.1) is 0 Å². The Morgan fingerprint density at radius 1 is 0.267 bits per heavy atom. The third kappa shape index (κ3) is 10.5. The normalized spacial score (nSPS) is 14.9. The molecule has 3 nitrogen and oxygen atoms in total. The number of para-hydroxylation sites is 2. The van der Waals surface area contributed by atoms with E-state index in [0.29, 0.717) is 0 Å². The van der Waals surface area contributed by atoms with Gasteiger partial charge in [-0.2, -0.15) is 0 Å². The molecule has 2 heterocycles. The van der Waals surface area contributed by atoms with Crippen LogP contribution in [0.5, 0.6) is 0 Å². The van der Waals surface area contributed by atoms with E-state index >= 15 is 0 Å². The number of rotatable bonds is 27. The first-order chi connectivity index (χ1) is 57.1. The highest BCUT2D eigenvalue weighted by Gasteiger charge is 2.59. The van der Waals surface area contributed by atoms with Crippen molar-refractivity contribution in [2.75, 3.05) is 4.90 Å². The predicted octanol–water partition coefficient (Wildman–Crippen LogP) is 32.5. The lowest BCUT2D eigenvalue weighted by Crippen LogP contribution is -2.33. The lowest BCUT2D eigenvalue weighted by atomic mass is 9.62. The molecule has 0 N–H and O–H groups in total. The summed E-state index contributed by atoms with van der Waals surface area (Å²) in [5, 5.41) is 4.93. The zero-order valence-electron chi connectivity index (χ0n) is 69.3. The second kappa shape index (κ2) is 28.9. The zero-order valence-corrected chi connectivity index (χ0v) is 69.3. The fourth-order valence-corrected chi connectivity index (χ4v) is 24.7. The maximum Gasteiger partial charge on any atom is 0.144 e.